The first-order valence-electron chi connectivity index (χ1n) is 6.06. The molecule has 2 rings (SSSR count). The molecule has 1 fully saturated rings. The van der Waals surface area contributed by atoms with Crippen LogP contribution in [-0.4, -0.2) is 41.0 Å². The predicted molar refractivity (Wildman–Crippen MR) is 65.4 cm³/mol. The molecule has 4 heteroatoms. The number of hydrogen-bond acceptors (Lipinski definition) is 4. The third-order valence-electron chi connectivity index (χ3n) is 3.30. The number of anilines is 1. The second-order valence-corrected chi connectivity index (χ2v) is 4.44. The van der Waals surface area contributed by atoms with Crippen LogP contribution in [-0.2, 0) is 0 Å². The Bertz CT molecular complexity index is 295. The lowest BCUT2D eigenvalue weighted by molar-refractivity contribution is 0.254. The molecule has 0 aromatic carbocycles. The van der Waals surface area contributed by atoms with Gasteiger partial charge in [0.1, 0.15) is 12.1 Å². The van der Waals surface area contributed by atoms with E-state index in [-0.39, 0.29) is 0 Å². The molecule has 0 spiro atoms. The molecule has 4 nitrogen and oxygen atoms in total. The number of likely N-dealkylation sites (N-methyl/N-ethyl adjacent to an activating group) is 1. The van der Waals surface area contributed by atoms with Gasteiger partial charge in [0.2, 0.25) is 0 Å². The molecule has 1 aliphatic rings. The first kappa shape index (κ1) is 11.3. The molecule has 0 unspecified atom stereocenters. The van der Waals surface area contributed by atoms with E-state index in [1.54, 1.807) is 12.5 Å². The highest BCUT2D eigenvalue weighted by Gasteiger charge is 2.18. The normalized spacial score (nSPS) is 16.9. The standard InChI is InChI=1S/C12H20N4/c1-16(11-4-2-3-5-11)9-8-14-12-6-7-13-10-15-12/h6-7,10-11H,2-5,8-9H2,1H3,(H,13,14,15). The second kappa shape index (κ2) is 5.80. The van der Waals surface area contributed by atoms with Crippen LogP contribution >= 0.6 is 0 Å². The zero-order valence-electron chi connectivity index (χ0n) is 9.89. The summed E-state index contributed by atoms with van der Waals surface area (Å²) in [4.78, 5) is 10.5. The Balaban J connectivity index is 1.67. The van der Waals surface area contributed by atoms with Crippen molar-refractivity contribution in [2.45, 2.75) is 31.7 Å². The van der Waals surface area contributed by atoms with E-state index in [9.17, 15) is 0 Å². The molecular formula is C12H20N4. The van der Waals surface area contributed by atoms with E-state index in [4.69, 9.17) is 0 Å². The van der Waals surface area contributed by atoms with Crippen LogP contribution in [0.15, 0.2) is 18.6 Å². The summed E-state index contributed by atoms with van der Waals surface area (Å²) in [6, 6.07) is 2.70. The van der Waals surface area contributed by atoms with Crippen LogP contribution in [0.3, 0.4) is 0 Å². The average molecular weight is 220 g/mol. The van der Waals surface area contributed by atoms with E-state index < -0.39 is 0 Å². The summed E-state index contributed by atoms with van der Waals surface area (Å²) < 4.78 is 0. The quantitative estimate of drug-likeness (QED) is 0.821. The predicted octanol–water partition coefficient (Wildman–Crippen LogP) is 1.76. The minimum absolute atomic E-state index is 0.798. The lowest BCUT2D eigenvalue weighted by atomic mass is 10.2. The van der Waals surface area contributed by atoms with Crippen molar-refractivity contribution in [1.29, 1.82) is 0 Å². The van der Waals surface area contributed by atoms with Gasteiger partial charge in [-0.05, 0) is 26.0 Å². The fraction of sp³-hybridized carbons (Fsp3) is 0.667. The van der Waals surface area contributed by atoms with E-state index in [2.05, 4.69) is 27.2 Å². The Kier molecular flexibility index (Phi) is 4.10. The summed E-state index contributed by atoms with van der Waals surface area (Å²) in [6.45, 7) is 2.03. The minimum Gasteiger partial charge on any atom is -0.369 e. The van der Waals surface area contributed by atoms with Crippen molar-refractivity contribution in [2.24, 2.45) is 0 Å². The van der Waals surface area contributed by atoms with Crippen molar-refractivity contribution in [3.8, 4) is 0 Å². The molecule has 16 heavy (non-hydrogen) atoms. The number of nitrogens with one attached hydrogen (secondary N) is 1. The van der Waals surface area contributed by atoms with E-state index in [0.717, 1.165) is 24.9 Å². The summed E-state index contributed by atoms with van der Waals surface area (Å²) in [5, 5.41) is 3.31. The summed E-state index contributed by atoms with van der Waals surface area (Å²) in [5.41, 5.74) is 0. The lowest BCUT2D eigenvalue weighted by Gasteiger charge is -2.23. The molecule has 0 radical (unpaired) electrons. The number of aromatic nitrogens is 2. The Morgan fingerprint density at radius 1 is 1.44 bits per heavy atom. The van der Waals surface area contributed by atoms with E-state index in [0.29, 0.717) is 0 Å². The molecule has 88 valence electrons. The third kappa shape index (κ3) is 3.17. The molecule has 1 aliphatic carbocycles. The maximum Gasteiger partial charge on any atom is 0.129 e. The van der Waals surface area contributed by atoms with Crippen LogP contribution in [0.4, 0.5) is 5.82 Å². The van der Waals surface area contributed by atoms with Gasteiger partial charge >= 0.3 is 0 Å². The molecule has 0 atom stereocenters. The number of rotatable bonds is 5. The van der Waals surface area contributed by atoms with Crippen LogP contribution in [0, 0.1) is 0 Å². The molecule has 0 amide bonds. The SMILES string of the molecule is CN(CCNc1ccncn1)C1CCCC1. The highest BCUT2D eigenvalue weighted by molar-refractivity contribution is 5.31. The van der Waals surface area contributed by atoms with Gasteiger partial charge in [-0.3, -0.25) is 0 Å². The second-order valence-electron chi connectivity index (χ2n) is 4.44. The van der Waals surface area contributed by atoms with Crippen molar-refractivity contribution in [3.63, 3.8) is 0 Å². The van der Waals surface area contributed by atoms with Crippen molar-refractivity contribution < 1.29 is 0 Å². The Morgan fingerprint density at radius 2 is 2.25 bits per heavy atom. The van der Waals surface area contributed by atoms with Gasteiger partial charge in [0.05, 0.1) is 0 Å². The van der Waals surface area contributed by atoms with E-state index in [1.807, 2.05) is 6.07 Å². The van der Waals surface area contributed by atoms with E-state index in [1.165, 1.54) is 25.7 Å². The molecule has 1 aromatic heterocycles. The first-order valence-corrected chi connectivity index (χ1v) is 6.06. The molecule has 0 aliphatic heterocycles. The van der Waals surface area contributed by atoms with Crippen LogP contribution in [0.2, 0.25) is 0 Å². The van der Waals surface area contributed by atoms with Crippen LogP contribution < -0.4 is 5.32 Å². The van der Waals surface area contributed by atoms with E-state index >= 15 is 0 Å². The summed E-state index contributed by atoms with van der Waals surface area (Å²) in [6.07, 6.45) is 8.86. The fourth-order valence-corrected chi connectivity index (χ4v) is 2.28. The van der Waals surface area contributed by atoms with Crippen LogP contribution in [0.25, 0.3) is 0 Å². The number of nitrogens with zero attached hydrogens (tertiary/aromatic N) is 3. The largest absolute Gasteiger partial charge is 0.369 e. The van der Waals surface area contributed by atoms with Crippen molar-refractivity contribution in [3.05, 3.63) is 18.6 Å². The van der Waals surface area contributed by atoms with Gasteiger partial charge in [-0.15, -0.1) is 0 Å². The first-order chi connectivity index (χ1) is 7.86. The van der Waals surface area contributed by atoms with Gasteiger partial charge in [0.25, 0.3) is 0 Å². The molecule has 1 aromatic rings. The maximum atomic E-state index is 4.13. The topological polar surface area (TPSA) is 41.0 Å². The maximum absolute atomic E-state index is 4.13. The summed E-state index contributed by atoms with van der Waals surface area (Å²) in [5.74, 6) is 0.912. The van der Waals surface area contributed by atoms with Crippen molar-refractivity contribution in [1.82, 2.24) is 14.9 Å². The Hall–Kier alpha value is -1.16. The molecule has 1 N–H and O–H groups in total. The average Bonchev–Trinajstić information content (AvgIpc) is 2.84. The molecular weight excluding hydrogens is 200 g/mol. The molecule has 1 heterocycles. The molecule has 1 saturated carbocycles. The van der Waals surface area contributed by atoms with Gasteiger partial charge < -0.3 is 10.2 Å². The Labute approximate surface area is 97.1 Å². The Morgan fingerprint density at radius 3 is 2.94 bits per heavy atom. The molecule has 0 bridgehead atoms. The smallest absolute Gasteiger partial charge is 0.129 e. The zero-order valence-corrected chi connectivity index (χ0v) is 9.89. The summed E-state index contributed by atoms with van der Waals surface area (Å²) >= 11 is 0. The fourth-order valence-electron chi connectivity index (χ4n) is 2.28. The van der Waals surface area contributed by atoms with Gasteiger partial charge in [0, 0.05) is 25.3 Å². The third-order valence-corrected chi connectivity index (χ3v) is 3.30. The van der Waals surface area contributed by atoms with Gasteiger partial charge in [0.15, 0.2) is 0 Å². The van der Waals surface area contributed by atoms with Gasteiger partial charge in [-0.25, -0.2) is 9.97 Å². The van der Waals surface area contributed by atoms with Gasteiger partial charge in [-0.2, -0.15) is 0 Å². The highest BCUT2D eigenvalue weighted by atomic mass is 15.1. The van der Waals surface area contributed by atoms with Crippen molar-refractivity contribution >= 4 is 5.82 Å². The van der Waals surface area contributed by atoms with Crippen molar-refractivity contribution in [2.75, 3.05) is 25.5 Å². The summed E-state index contributed by atoms with van der Waals surface area (Å²) in [7, 11) is 2.22. The minimum atomic E-state index is 0.798. The van der Waals surface area contributed by atoms with Crippen LogP contribution in [0.5, 0.6) is 0 Å². The van der Waals surface area contributed by atoms with Gasteiger partial charge in [-0.1, -0.05) is 12.8 Å². The number of hydrogen-bond donors (Lipinski definition) is 1. The zero-order chi connectivity index (χ0) is 11.2. The highest BCUT2D eigenvalue weighted by Crippen LogP contribution is 2.21. The lowest BCUT2D eigenvalue weighted by Crippen LogP contribution is -2.33. The van der Waals surface area contributed by atoms with Crippen LogP contribution in [0.1, 0.15) is 25.7 Å². The molecule has 0 saturated heterocycles. The monoisotopic (exact) mass is 220 g/mol.